The van der Waals surface area contributed by atoms with Crippen LogP contribution in [0.2, 0.25) is 0 Å². The summed E-state index contributed by atoms with van der Waals surface area (Å²) in [5.41, 5.74) is 0.630. The Balaban J connectivity index is 2.19. The van der Waals surface area contributed by atoms with Gasteiger partial charge >= 0.3 is 0 Å². The molecule has 0 amide bonds. The van der Waals surface area contributed by atoms with Gasteiger partial charge < -0.3 is 4.90 Å². The lowest BCUT2D eigenvalue weighted by molar-refractivity contribution is 0.104. The fraction of sp³-hybridized carbons (Fsp3) is 0.286. The topological polar surface area (TPSA) is 44.1 Å². The number of allylic oxidation sites excluding steroid dienone is 1. The second kappa shape index (κ2) is 6.27. The van der Waals surface area contributed by atoms with Crippen LogP contribution in [0, 0.1) is 10.7 Å². The fourth-order valence-corrected chi connectivity index (χ4v) is 2.46. The van der Waals surface area contributed by atoms with Gasteiger partial charge in [-0.1, -0.05) is 30.3 Å². The van der Waals surface area contributed by atoms with Gasteiger partial charge in [-0.3, -0.25) is 4.79 Å². The van der Waals surface area contributed by atoms with E-state index in [4.69, 9.17) is 5.26 Å². The maximum atomic E-state index is 12.3. The summed E-state index contributed by atoms with van der Waals surface area (Å²) >= 11 is 0.942. The van der Waals surface area contributed by atoms with E-state index < -0.39 is 0 Å². The highest BCUT2D eigenvalue weighted by Gasteiger charge is 2.16. The SMILES string of the molecule is N#CS/C(=C\N1CCCC1)C(=O)c1ccccc1. The van der Waals surface area contributed by atoms with Crippen LogP contribution in [0.15, 0.2) is 41.4 Å². The lowest BCUT2D eigenvalue weighted by atomic mass is 10.1. The van der Waals surface area contributed by atoms with Crippen LogP contribution in [-0.4, -0.2) is 23.8 Å². The third-order valence-corrected chi connectivity index (χ3v) is 3.46. The molecular weight excluding hydrogens is 244 g/mol. The normalized spacial score (nSPS) is 15.5. The molecule has 4 heteroatoms. The highest BCUT2D eigenvalue weighted by Crippen LogP contribution is 2.22. The van der Waals surface area contributed by atoms with E-state index in [-0.39, 0.29) is 5.78 Å². The maximum Gasteiger partial charge on any atom is 0.201 e. The molecule has 1 aliphatic rings. The molecule has 1 heterocycles. The van der Waals surface area contributed by atoms with Gasteiger partial charge in [0.2, 0.25) is 5.78 Å². The second-order valence-electron chi connectivity index (χ2n) is 4.12. The van der Waals surface area contributed by atoms with Crippen molar-refractivity contribution in [2.75, 3.05) is 13.1 Å². The number of rotatable bonds is 4. The summed E-state index contributed by atoms with van der Waals surface area (Å²) in [6.07, 6.45) is 4.14. The molecule has 1 fully saturated rings. The summed E-state index contributed by atoms with van der Waals surface area (Å²) in [7, 11) is 0. The van der Waals surface area contributed by atoms with E-state index in [1.54, 1.807) is 12.1 Å². The summed E-state index contributed by atoms with van der Waals surface area (Å²) in [4.78, 5) is 14.9. The zero-order chi connectivity index (χ0) is 12.8. The predicted molar refractivity (Wildman–Crippen MR) is 72.9 cm³/mol. The Morgan fingerprint density at radius 1 is 1.28 bits per heavy atom. The number of Topliss-reactive ketones (excluding diaryl/α,β-unsaturated/α-hetero) is 1. The average molecular weight is 258 g/mol. The third kappa shape index (κ3) is 3.14. The summed E-state index contributed by atoms with van der Waals surface area (Å²) in [5.74, 6) is -0.0750. The molecule has 0 bridgehead atoms. The molecular formula is C14H14N2OS. The molecule has 0 N–H and O–H groups in total. The van der Waals surface area contributed by atoms with E-state index in [1.807, 2.05) is 29.8 Å². The van der Waals surface area contributed by atoms with Crippen molar-refractivity contribution in [3.05, 3.63) is 47.0 Å². The first-order chi connectivity index (χ1) is 8.81. The standard InChI is InChI=1S/C14H14N2OS/c15-11-18-13(10-16-8-4-5-9-16)14(17)12-6-2-1-3-7-12/h1-3,6-7,10H,4-5,8-9H2/b13-10-. The zero-order valence-electron chi connectivity index (χ0n) is 10.0. The minimum atomic E-state index is -0.0750. The monoisotopic (exact) mass is 258 g/mol. The van der Waals surface area contributed by atoms with Gasteiger partial charge in [0, 0.05) is 24.9 Å². The molecule has 1 aromatic rings. The molecule has 2 rings (SSSR count). The number of thioether (sulfide) groups is 1. The molecule has 1 aliphatic heterocycles. The van der Waals surface area contributed by atoms with Crippen molar-refractivity contribution in [3.8, 4) is 5.40 Å². The number of nitrogens with zero attached hydrogens (tertiary/aromatic N) is 2. The minimum absolute atomic E-state index is 0.0750. The predicted octanol–water partition coefficient (Wildman–Crippen LogP) is 3.02. The number of thiocyanates is 1. The van der Waals surface area contributed by atoms with Gasteiger partial charge in [0.15, 0.2) is 0 Å². The molecule has 0 spiro atoms. The van der Waals surface area contributed by atoms with Crippen LogP contribution in [-0.2, 0) is 0 Å². The number of likely N-dealkylation sites (tertiary alicyclic amines) is 1. The molecule has 0 unspecified atom stereocenters. The van der Waals surface area contributed by atoms with Crippen LogP contribution in [0.25, 0.3) is 0 Å². The van der Waals surface area contributed by atoms with E-state index in [2.05, 4.69) is 4.90 Å². The molecule has 18 heavy (non-hydrogen) atoms. The van der Waals surface area contributed by atoms with E-state index in [1.165, 1.54) is 0 Å². The largest absolute Gasteiger partial charge is 0.376 e. The van der Waals surface area contributed by atoms with Crippen molar-refractivity contribution in [2.24, 2.45) is 0 Å². The Hall–Kier alpha value is -1.73. The van der Waals surface area contributed by atoms with E-state index in [9.17, 15) is 4.79 Å². The quantitative estimate of drug-likeness (QED) is 0.473. The van der Waals surface area contributed by atoms with E-state index >= 15 is 0 Å². The van der Waals surface area contributed by atoms with Crippen molar-refractivity contribution < 1.29 is 4.79 Å². The Morgan fingerprint density at radius 2 is 1.94 bits per heavy atom. The van der Waals surface area contributed by atoms with Crippen molar-refractivity contribution in [1.29, 1.82) is 5.26 Å². The van der Waals surface area contributed by atoms with Crippen molar-refractivity contribution >= 4 is 17.5 Å². The summed E-state index contributed by atoms with van der Waals surface area (Å²) in [5, 5.41) is 10.8. The lowest BCUT2D eigenvalue weighted by Crippen LogP contribution is -2.13. The van der Waals surface area contributed by atoms with E-state index in [0.29, 0.717) is 10.5 Å². The van der Waals surface area contributed by atoms with Crippen molar-refractivity contribution in [3.63, 3.8) is 0 Å². The second-order valence-corrected chi connectivity index (χ2v) is 4.95. The highest BCUT2D eigenvalue weighted by molar-refractivity contribution is 8.08. The van der Waals surface area contributed by atoms with Crippen LogP contribution in [0.3, 0.4) is 0 Å². The minimum Gasteiger partial charge on any atom is -0.376 e. The van der Waals surface area contributed by atoms with Gasteiger partial charge in [-0.05, 0) is 24.6 Å². The van der Waals surface area contributed by atoms with Gasteiger partial charge in [0.1, 0.15) is 5.40 Å². The van der Waals surface area contributed by atoms with Crippen LogP contribution >= 0.6 is 11.8 Å². The van der Waals surface area contributed by atoms with E-state index in [0.717, 1.165) is 37.7 Å². The zero-order valence-corrected chi connectivity index (χ0v) is 10.8. The Kier molecular flexibility index (Phi) is 4.43. The Morgan fingerprint density at radius 3 is 2.56 bits per heavy atom. The van der Waals surface area contributed by atoms with Gasteiger partial charge in [0.25, 0.3) is 0 Å². The fourth-order valence-electron chi connectivity index (χ4n) is 1.95. The number of nitriles is 1. The number of hydrogen-bond acceptors (Lipinski definition) is 4. The number of carbonyl (C=O) groups is 1. The molecule has 0 aliphatic carbocycles. The highest BCUT2D eigenvalue weighted by atomic mass is 32.2. The third-order valence-electron chi connectivity index (χ3n) is 2.86. The maximum absolute atomic E-state index is 12.3. The van der Waals surface area contributed by atoms with Gasteiger partial charge in [-0.25, -0.2) is 0 Å². The van der Waals surface area contributed by atoms with Gasteiger partial charge in [-0.2, -0.15) is 5.26 Å². The first-order valence-corrected chi connectivity index (χ1v) is 6.74. The van der Waals surface area contributed by atoms with Crippen LogP contribution in [0.1, 0.15) is 23.2 Å². The summed E-state index contributed by atoms with van der Waals surface area (Å²) < 4.78 is 0. The molecule has 1 aromatic carbocycles. The lowest BCUT2D eigenvalue weighted by Gasteiger charge is -2.12. The molecule has 92 valence electrons. The molecule has 0 aromatic heterocycles. The van der Waals surface area contributed by atoms with Gasteiger partial charge in [-0.15, -0.1) is 0 Å². The summed E-state index contributed by atoms with van der Waals surface area (Å²) in [6.45, 7) is 1.94. The number of benzene rings is 1. The van der Waals surface area contributed by atoms with Crippen molar-refractivity contribution in [2.45, 2.75) is 12.8 Å². The van der Waals surface area contributed by atoms with Gasteiger partial charge in [0.05, 0.1) is 4.91 Å². The molecule has 0 saturated carbocycles. The Bertz CT molecular complexity index is 484. The van der Waals surface area contributed by atoms with Crippen molar-refractivity contribution in [1.82, 2.24) is 4.90 Å². The molecule has 0 radical (unpaired) electrons. The van der Waals surface area contributed by atoms with Crippen LogP contribution in [0.4, 0.5) is 0 Å². The average Bonchev–Trinajstić information content (AvgIpc) is 2.91. The molecule has 3 nitrogen and oxygen atoms in total. The molecule has 0 atom stereocenters. The first kappa shape index (κ1) is 12.7. The smallest absolute Gasteiger partial charge is 0.201 e. The first-order valence-electron chi connectivity index (χ1n) is 5.93. The Labute approximate surface area is 111 Å². The van der Waals surface area contributed by atoms with Crippen LogP contribution in [0.5, 0.6) is 0 Å². The van der Waals surface area contributed by atoms with Crippen LogP contribution < -0.4 is 0 Å². The number of hydrogen-bond donors (Lipinski definition) is 0. The number of carbonyl (C=O) groups excluding carboxylic acids is 1. The molecule has 1 saturated heterocycles. The number of ketones is 1. The summed E-state index contributed by atoms with van der Waals surface area (Å²) in [6, 6.07) is 9.09.